The van der Waals surface area contributed by atoms with Gasteiger partial charge in [-0.1, -0.05) is 22.5 Å². The summed E-state index contributed by atoms with van der Waals surface area (Å²) in [6, 6.07) is 0. The Morgan fingerprint density at radius 1 is 1.47 bits per heavy atom. The van der Waals surface area contributed by atoms with Gasteiger partial charge < -0.3 is 10.6 Å². The first-order chi connectivity index (χ1) is 7.79. The van der Waals surface area contributed by atoms with Gasteiger partial charge in [-0.2, -0.15) is 0 Å². The third kappa shape index (κ3) is 3.29. The summed E-state index contributed by atoms with van der Waals surface area (Å²) in [5.41, 5.74) is 0. The van der Waals surface area contributed by atoms with E-state index in [0.717, 1.165) is 6.26 Å². The lowest BCUT2D eigenvalue weighted by atomic mass is 9.96. The van der Waals surface area contributed by atoms with Crippen LogP contribution in [0.3, 0.4) is 0 Å². The smallest absolute Gasteiger partial charge is 0.241 e. The lowest BCUT2D eigenvalue weighted by Crippen LogP contribution is -2.57. The highest BCUT2D eigenvalue weighted by molar-refractivity contribution is 9.11. The van der Waals surface area contributed by atoms with E-state index in [0.29, 0.717) is 30.4 Å². The number of carbonyl (C=O) groups excluding carboxylic acids is 1. The summed E-state index contributed by atoms with van der Waals surface area (Å²) in [6.45, 7) is 4.91. The molecule has 0 bridgehead atoms. The van der Waals surface area contributed by atoms with Crippen molar-refractivity contribution in [1.29, 1.82) is 0 Å². The Bertz CT molecular complexity index is 413. The van der Waals surface area contributed by atoms with Gasteiger partial charge in [0.15, 0.2) is 14.6 Å². The molecule has 7 heteroatoms. The van der Waals surface area contributed by atoms with Crippen molar-refractivity contribution in [2.24, 2.45) is 0 Å². The van der Waals surface area contributed by atoms with E-state index in [1.807, 2.05) is 0 Å². The van der Waals surface area contributed by atoms with Gasteiger partial charge in [-0.3, -0.25) is 4.79 Å². The molecule has 0 unspecified atom stereocenters. The monoisotopic (exact) mass is 324 g/mol. The van der Waals surface area contributed by atoms with Gasteiger partial charge in [0.2, 0.25) is 5.91 Å². The van der Waals surface area contributed by atoms with E-state index in [1.54, 1.807) is 0 Å². The number of piperidine rings is 1. The normalized spacial score (nSPS) is 19.6. The number of halogens is 1. The molecule has 5 nitrogen and oxygen atoms in total. The standard InChI is InChI=1S/C10H17BrN2O3S/c1-8(11)7-13-9(14)10(17(2,15)16)3-5-12-6-4-10/h12H,1,3-7H2,2H3,(H,13,14). The lowest BCUT2D eigenvalue weighted by molar-refractivity contribution is -0.124. The highest BCUT2D eigenvalue weighted by atomic mass is 79.9. The van der Waals surface area contributed by atoms with Gasteiger partial charge in [-0.25, -0.2) is 8.42 Å². The molecule has 1 fully saturated rings. The van der Waals surface area contributed by atoms with Crippen molar-refractivity contribution in [2.75, 3.05) is 25.9 Å². The molecule has 17 heavy (non-hydrogen) atoms. The van der Waals surface area contributed by atoms with Gasteiger partial charge in [0.1, 0.15) is 0 Å². The van der Waals surface area contributed by atoms with Crippen LogP contribution in [0, 0.1) is 0 Å². The van der Waals surface area contributed by atoms with Crippen molar-refractivity contribution in [3.05, 3.63) is 11.1 Å². The first-order valence-corrected chi connectivity index (χ1v) is 8.00. The topological polar surface area (TPSA) is 75.3 Å². The molecule has 0 saturated carbocycles. The highest BCUT2D eigenvalue weighted by Crippen LogP contribution is 2.28. The zero-order valence-electron chi connectivity index (χ0n) is 9.75. The van der Waals surface area contributed by atoms with E-state index in [4.69, 9.17) is 0 Å². The van der Waals surface area contributed by atoms with E-state index < -0.39 is 20.5 Å². The predicted molar refractivity (Wildman–Crippen MR) is 70.8 cm³/mol. The zero-order chi connectivity index (χ0) is 13.1. The van der Waals surface area contributed by atoms with Crippen LogP contribution in [0.2, 0.25) is 0 Å². The van der Waals surface area contributed by atoms with Crippen LogP contribution in [0.15, 0.2) is 11.1 Å². The molecule has 0 radical (unpaired) electrons. The summed E-state index contributed by atoms with van der Waals surface area (Å²) in [7, 11) is -3.43. The summed E-state index contributed by atoms with van der Waals surface area (Å²) in [4.78, 5) is 12.1. The Kier molecular flexibility index (Phi) is 4.74. The van der Waals surface area contributed by atoms with Gasteiger partial charge in [-0.15, -0.1) is 0 Å². The SMILES string of the molecule is C=C(Br)CNC(=O)C1(S(C)(=O)=O)CCNCC1. The average Bonchev–Trinajstić information content (AvgIpc) is 2.25. The van der Waals surface area contributed by atoms with Crippen LogP contribution in [0.4, 0.5) is 0 Å². The van der Waals surface area contributed by atoms with E-state index >= 15 is 0 Å². The van der Waals surface area contributed by atoms with Crippen LogP contribution in [0.25, 0.3) is 0 Å². The summed E-state index contributed by atoms with van der Waals surface area (Å²) in [6.07, 6.45) is 1.75. The fraction of sp³-hybridized carbons (Fsp3) is 0.700. The predicted octanol–water partition coefficient (Wildman–Crippen LogP) is 0.178. The molecule has 98 valence electrons. The maximum Gasteiger partial charge on any atom is 0.241 e. The van der Waals surface area contributed by atoms with Crippen LogP contribution < -0.4 is 10.6 Å². The van der Waals surface area contributed by atoms with Crippen molar-refractivity contribution >= 4 is 31.7 Å². The number of hydrogen-bond acceptors (Lipinski definition) is 4. The Labute approximate surface area is 110 Å². The van der Waals surface area contributed by atoms with Crippen LogP contribution >= 0.6 is 15.9 Å². The third-order valence-corrected chi connectivity index (χ3v) is 5.27. The molecule has 2 N–H and O–H groups in total. The minimum atomic E-state index is -3.43. The third-order valence-electron chi connectivity index (χ3n) is 2.98. The molecule has 1 heterocycles. The Morgan fingerprint density at radius 2 is 2.00 bits per heavy atom. The molecule has 1 saturated heterocycles. The molecule has 0 spiro atoms. The minimum Gasteiger partial charge on any atom is -0.350 e. The largest absolute Gasteiger partial charge is 0.350 e. The minimum absolute atomic E-state index is 0.240. The van der Waals surface area contributed by atoms with Gasteiger partial charge in [0.05, 0.1) is 0 Å². The van der Waals surface area contributed by atoms with Crippen molar-refractivity contribution in [1.82, 2.24) is 10.6 Å². The number of rotatable bonds is 4. The van der Waals surface area contributed by atoms with Crippen molar-refractivity contribution in [3.8, 4) is 0 Å². The number of carbonyl (C=O) groups is 1. The Morgan fingerprint density at radius 3 is 2.41 bits per heavy atom. The quantitative estimate of drug-likeness (QED) is 0.773. The number of hydrogen-bond donors (Lipinski definition) is 2. The second-order valence-corrected chi connectivity index (χ2v) is 7.66. The first-order valence-electron chi connectivity index (χ1n) is 5.31. The summed E-state index contributed by atoms with van der Waals surface area (Å²) >= 11 is 3.12. The molecule has 1 amide bonds. The molecular formula is C10H17BrN2O3S. The van der Waals surface area contributed by atoms with Crippen LogP contribution in [-0.4, -0.2) is 45.0 Å². The first kappa shape index (κ1) is 14.7. The van der Waals surface area contributed by atoms with Crippen molar-refractivity contribution in [3.63, 3.8) is 0 Å². The number of nitrogens with one attached hydrogen (secondary N) is 2. The van der Waals surface area contributed by atoms with Gasteiger partial charge in [0.25, 0.3) is 0 Å². The second-order valence-electron chi connectivity index (χ2n) is 4.22. The average molecular weight is 325 g/mol. The second kappa shape index (κ2) is 5.49. The maximum absolute atomic E-state index is 12.1. The van der Waals surface area contributed by atoms with Gasteiger partial charge >= 0.3 is 0 Å². The van der Waals surface area contributed by atoms with Crippen molar-refractivity contribution in [2.45, 2.75) is 17.6 Å². The molecule has 1 rings (SSSR count). The molecule has 1 aliphatic rings. The Balaban J connectivity index is 2.91. The van der Waals surface area contributed by atoms with Gasteiger partial charge in [-0.05, 0) is 25.9 Å². The molecular weight excluding hydrogens is 308 g/mol. The molecule has 0 aromatic rings. The highest BCUT2D eigenvalue weighted by Gasteiger charge is 2.48. The van der Waals surface area contributed by atoms with Crippen LogP contribution in [-0.2, 0) is 14.6 Å². The Hall–Kier alpha value is -0.400. The van der Waals surface area contributed by atoms with Crippen LogP contribution in [0.5, 0.6) is 0 Å². The maximum atomic E-state index is 12.1. The zero-order valence-corrected chi connectivity index (χ0v) is 12.2. The van der Waals surface area contributed by atoms with E-state index in [2.05, 4.69) is 33.1 Å². The number of sulfone groups is 1. The van der Waals surface area contributed by atoms with Gasteiger partial charge in [0, 0.05) is 17.3 Å². The summed E-state index contributed by atoms with van der Waals surface area (Å²) < 4.78 is 23.1. The molecule has 0 aromatic heterocycles. The molecule has 0 aromatic carbocycles. The molecule has 0 atom stereocenters. The fourth-order valence-corrected chi connectivity index (χ4v) is 3.43. The fourth-order valence-electron chi connectivity index (χ4n) is 1.93. The van der Waals surface area contributed by atoms with Crippen molar-refractivity contribution < 1.29 is 13.2 Å². The lowest BCUT2D eigenvalue weighted by Gasteiger charge is -2.34. The van der Waals surface area contributed by atoms with Crippen LogP contribution in [0.1, 0.15) is 12.8 Å². The van der Waals surface area contributed by atoms with E-state index in [9.17, 15) is 13.2 Å². The van der Waals surface area contributed by atoms with E-state index in [1.165, 1.54) is 0 Å². The summed E-state index contributed by atoms with van der Waals surface area (Å²) in [5, 5.41) is 5.67. The van der Waals surface area contributed by atoms with E-state index in [-0.39, 0.29) is 6.54 Å². The summed E-state index contributed by atoms with van der Waals surface area (Å²) in [5.74, 6) is -0.429. The number of amides is 1. The molecule has 1 aliphatic heterocycles. The molecule has 0 aliphatic carbocycles.